The van der Waals surface area contributed by atoms with E-state index in [0.29, 0.717) is 6.54 Å². The minimum absolute atomic E-state index is 0.333. The number of hydrogen-bond acceptors (Lipinski definition) is 3. The van der Waals surface area contributed by atoms with E-state index in [1.807, 2.05) is 31.2 Å². The average molecular weight is 205 g/mol. The van der Waals surface area contributed by atoms with Crippen molar-refractivity contribution in [2.45, 2.75) is 6.92 Å². The largest absolute Gasteiger partial charge is 0.466 e. The Hall–Kier alpha value is -1.77. The normalized spacial score (nSPS) is 10.3. The van der Waals surface area contributed by atoms with Crippen molar-refractivity contribution in [3.8, 4) is 0 Å². The first kappa shape index (κ1) is 11.3. The first-order valence-electron chi connectivity index (χ1n) is 4.77. The highest BCUT2D eigenvalue weighted by molar-refractivity contribution is 5.81. The predicted octanol–water partition coefficient (Wildman–Crippen LogP) is 2.14. The number of methoxy groups -OCH3 is 1. The third-order valence-electron chi connectivity index (χ3n) is 1.93. The molecule has 0 atom stereocenters. The minimum atomic E-state index is -0.333. The molecule has 0 spiro atoms. The molecule has 0 aromatic heterocycles. The Morgan fingerprint density at radius 2 is 2.07 bits per heavy atom. The Kier molecular flexibility index (Phi) is 4.41. The number of ether oxygens (including phenoxy) is 1. The Morgan fingerprint density at radius 3 is 2.67 bits per heavy atom. The minimum Gasteiger partial charge on any atom is -0.466 e. The van der Waals surface area contributed by atoms with Gasteiger partial charge >= 0.3 is 5.97 Å². The van der Waals surface area contributed by atoms with Gasteiger partial charge in [0.25, 0.3) is 0 Å². The second kappa shape index (κ2) is 5.86. The smallest absolute Gasteiger partial charge is 0.330 e. The Labute approximate surface area is 89.8 Å². The van der Waals surface area contributed by atoms with Gasteiger partial charge in [-0.3, -0.25) is 0 Å². The van der Waals surface area contributed by atoms with Crippen molar-refractivity contribution in [1.29, 1.82) is 0 Å². The molecule has 1 rings (SSSR count). The molecule has 1 aromatic carbocycles. The fourth-order valence-corrected chi connectivity index (χ4v) is 1.07. The number of esters is 1. The molecule has 15 heavy (non-hydrogen) atoms. The molecule has 3 heteroatoms. The zero-order chi connectivity index (χ0) is 11.1. The van der Waals surface area contributed by atoms with Crippen LogP contribution in [0, 0.1) is 6.92 Å². The molecule has 1 aromatic rings. The fourth-order valence-electron chi connectivity index (χ4n) is 1.07. The monoisotopic (exact) mass is 205 g/mol. The third kappa shape index (κ3) is 4.31. The van der Waals surface area contributed by atoms with Crippen molar-refractivity contribution >= 4 is 11.7 Å². The lowest BCUT2D eigenvalue weighted by molar-refractivity contribution is -0.134. The number of carbonyl (C=O) groups is 1. The average Bonchev–Trinajstić information content (AvgIpc) is 2.26. The van der Waals surface area contributed by atoms with Crippen LogP contribution in [0.5, 0.6) is 0 Å². The summed E-state index contributed by atoms with van der Waals surface area (Å²) in [6.45, 7) is 2.65. The highest BCUT2D eigenvalue weighted by Crippen LogP contribution is 2.07. The maximum Gasteiger partial charge on any atom is 0.330 e. The molecule has 0 aliphatic heterocycles. The van der Waals surface area contributed by atoms with Crippen molar-refractivity contribution in [2.75, 3.05) is 19.0 Å². The van der Waals surface area contributed by atoms with Gasteiger partial charge in [0.05, 0.1) is 7.11 Å². The van der Waals surface area contributed by atoms with Crippen molar-refractivity contribution in [2.24, 2.45) is 0 Å². The second-order valence-corrected chi connectivity index (χ2v) is 3.17. The van der Waals surface area contributed by atoms with E-state index in [0.717, 1.165) is 5.69 Å². The maximum atomic E-state index is 10.7. The Morgan fingerprint density at radius 1 is 1.40 bits per heavy atom. The van der Waals surface area contributed by atoms with Gasteiger partial charge in [-0.2, -0.15) is 0 Å². The van der Waals surface area contributed by atoms with Crippen LogP contribution in [0.3, 0.4) is 0 Å². The molecule has 0 saturated heterocycles. The standard InChI is InChI=1S/C12H15NO2/c1-10-5-7-11(8-6-10)13-9-3-4-12(14)15-2/h3-8,13H,9H2,1-2H3/b4-3+. The molecular weight excluding hydrogens is 190 g/mol. The zero-order valence-electron chi connectivity index (χ0n) is 8.99. The van der Waals surface area contributed by atoms with E-state index >= 15 is 0 Å². The van der Waals surface area contributed by atoms with Gasteiger partial charge in [-0.15, -0.1) is 0 Å². The summed E-state index contributed by atoms with van der Waals surface area (Å²) >= 11 is 0. The van der Waals surface area contributed by atoms with Crippen molar-refractivity contribution in [1.82, 2.24) is 0 Å². The third-order valence-corrected chi connectivity index (χ3v) is 1.93. The number of benzene rings is 1. The van der Waals surface area contributed by atoms with Crippen molar-refractivity contribution < 1.29 is 9.53 Å². The molecule has 3 nitrogen and oxygen atoms in total. The van der Waals surface area contributed by atoms with Crippen LogP contribution in [-0.2, 0) is 9.53 Å². The SMILES string of the molecule is COC(=O)/C=C/CNc1ccc(C)cc1. The first-order valence-corrected chi connectivity index (χ1v) is 4.77. The van der Waals surface area contributed by atoms with Gasteiger partial charge < -0.3 is 10.1 Å². The van der Waals surface area contributed by atoms with Crippen LogP contribution in [0.4, 0.5) is 5.69 Å². The molecule has 0 unspecified atom stereocenters. The molecule has 0 aliphatic carbocycles. The Bertz CT molecular complexity index is 341. The lowest BCUT2D eigenvalue weighted by Gasteiger charge is -2.02. The number of hydrogen-bond donors (Lipinski definition) is 1. The van der Waals surface area contributed by atoms with E-state index in [9.17, 15) is 4.79 Å². The van der Waals surface area contributed by atoms with Crippen molar-refractivity contribution in [3.05, 3.63) is 42.0 Å². The second-order valence-electron chi connectivity index (χ2n) is 3.17. The molecule has 0 heterocycles. The quantitative estimate of drug-likeness (QED) is 0.604. The van der Waals surface area contributed by atoms with Gasteiger partial charge in [-0.25, -0.2) is 4.79 Å². The number of rotatable bonds is 4. The molecule has 0 amide bonds. The van der Waals surface area contributed by atoms with Crippen LogP contribution < -0.4 is 5.32 Å². The molecule has 80 valence electrons. The molecule has 0 aliphatic rings. The number of carbonyl (C=O) groups excluding carboxylic acids is 1. The Balaban J connectivity index is 2.35. The van der Waals surface area contributed by atoms with Gasteiger partial charge in [-0.05, 0) is 19.1 Å². The van der Waals surface area contributed by atoms with E-state index in [1.165, 1.54) is 18.7 Å². The van der Waals surface area contributed by atoms with E-state index in [-0.39, 0.29) is 5.97 Å². The lowest BCUT2D eigenvalue weighted by Crippen LogP contribution is -2.00. The fraction of sp³-hybridized carbons (Fsp3) is 0.250. The predicted molar refractivity (Wildman–Crippen MR) is 60.8 cm³/mol. The van der Waals surface area contributed by atoms with Gasteiger partial charge in [0, 0.05) is 18.3 Å². The summed E-state index contributed by atoms with van der Waals surface area (Å²) in [4.78, 5) is 10.7. The molecule has 1 N–H and O–H groups in total. The van der Waals surface area contributed by atoms with E-state index < -0.39 is 0 Å². The van der Waals surface area contributed by atoms with Gasteiger partial charge in [0.15, 0.2) is 0 Å². The van der Waals surface area contributed by atoms with Gasteiger partial charge in [0.2, 0.25) is 0 Å². The van der Waals surface area contributed by atoms with E-state index in [1.54, 1.807) is 6.08 Å². The highest BCUT2D eigenvalue weighted by Gasteiger charge is 1.90. The molecule has 0 bridgehead atoms. The summed E-state index contributed by atoms with van der Waals surface area (Å²) in [7, 11) is 1.36. The summed E-state index contributed by atoms with van der Waals surface area (Å²) in [5.41, 5.74) is 2.26. The summed E-state index contributed by atoms with van der Waals surface area (Å²) in [6, 6.07) is 8.07. The lowest BCUT2D eigenvalue weighted by atomic mass is 10.2. The van der Waals surface area contributed by atoms with Crippen LogP contribution in [0.25, 0.3) is 0 Å². The van der Waals surface area contributed by atoms with E-state index in [2.05, 4.69) is 10.1 Å². The summed E-state index contributed by atoms with van der Waals surface area (Å²) < 4.78 is 4.46. The van der Waals surface area contributed by atoms with Crippen LogP contribution in [0.1, 0.15) is 5.56 Å². The van der Waals surface area contributed by atoms with Gasteiger partial charge in [0.1, 0.15) is 0 Å². The van der Waals surface area contributed by atoms with Gasteiger partial charge in [-0.1, -0.05) is 23.8 Å². The topological polar surface area (TPSA) is 38.3 Å². The molecule has 0 fully saturated rings. The molecular formula is C12H15NO2. The van der Waals surface area contributed by atoms with Crippen LogP contribution in [0.15, 0.2) is 36.4 Å². The summed E-state index contributed by atoms with van der Waals surface area (Å²) in [5, 5.41) is 3.16. The van der Waals surface area contributed by atoms with Crippen LogP contribution in [0.2, 0.25) is 0 Å². The van der Waals surface area contributed by atoms with Crippen LogP contribution >= 0.6 is 0 Å². The van der Waals surface area contributed by atoms with Crippen molar-refractivity contribution in [3.63, 3.8) is 0 Å². The first-order chi connectivity index (χ1) is 7.22. The number of anilines is 1. The molecule has 0 radical (unpaired) electrons. The summed E-state index contributed by atoms with van der Waals surface area (Å²) in [5.74, 6) is -0.333. The zero-order valence-corrected chi connectivity index (χ0v) is 8.99. The molecule has 0 saturated carbocycles. The van der Waals surface area contributed by atoms with E-state index in [4.69, 9.17) is 0 Å². The maximum absolute atomic E-state index is 10.7. The van der Waals surface area contributed by atoms with Crippen LogP contribution in [-0.4, -0.2) is 19.6 Å². The number of nitrogens with one attached hydrogen (secondary N) is 1. The summed E-state index contributed by atoms with van der Waals surface area (Å²) in [6.07, 6.45) is 3.13. The highest BCUT2D eigenvalue weighted by atomic mass is 16.5. The number of aryl methyl sites for hydroxylation is 1.